The number of hydrogen-bond acceptors (Lipinski definition) is 4. The Morgan fingerprint density at radius 1 is 1.33 bits per heavy atom. The lowest BCUT2D eigenvalue weighted by atomic mass is 10.3. The van der Waals surface area contributed by atoms with Gasteiger partial charge in [-0.1, -0.05) is 6.92 Å². The summed E-state index contributed by atoms with van der Waals surface area (Å²) in [4.78, 5) is 0. The van der Waals surface area contributed by atoms with Crippen LogP contribution in [0.1, 0.15) is 12.6 Å². The molecule has 0 bridgehead atoms. The van der Waals surface area contributed by atoms with Crippen LogP contribution < -0.4 is 0 Å². The lowest BCUT2D eigenvalue weighted by Crippen LogP contribution is -2.18. The van der Waals surface area contributed by atoms with Crippen LogP contribution >= 0.6 is 11.6 Å². The van der Waals surface area contributed by atoms with E-state index in [0.29, 0.717) is 6.07 Å². The van der Waals surface area contributed by atoms with Crippen molar-refractivity contribution < 1.29 is 21.6 Å². The van der Waals surface area contributed by atoms with Crippen molar-refractivity contribution in [3.8, 4) is 0 Å². The smallest absolute Gasteiger partial charge is 0.222 e. The van der Waals surface area contributed by atoms with Crippen molar-refractivity contribution in [2.24, 2.45) is 5.92 Å². The zero-order valence-electron chi connectivity index (χ0n) is 9.28. The summed E-state index contributed by atoms with van der Waals surface area (Å²) in [5, 5.41) is 5.49. The summed E-state index contributed by atoms with van der Waals surface area (Å²) >= 11 is 5.48. The molecule has 0 aromatic carbocycles. The number of halogens is 4. The van der Waals surface area contributed by atoms with Gasteiger partial charge in [0.15, 0.2) is 20.6 Å². The Hall–Kier alpha value is -0.890. The highest BCUT2D eigenvalue weighted by atomic mass is 35.5. The van der Waals surface area contributed by atoms with Crippen molar-refractivity contribution in [1.82, 2.24) is 10.2 Å². The zero-order valence-corrected chi connectivity index (χ0v) is 10.8. The van der Waals surface area contributed by atoms with Gasteiger partial charge in [0.1, 0.15) is 0 Å². The third-order valence-corrected chi connectivity index (χ3v) is 4.41. The molecule has 0 N–H and O–H groups in total. The first-order chi connectivity index (χ1) is 8.16. The molecule has 0 radical (unpaired) electrons. The number of hydrogen-bond donors (Lipinski definition) is 0. The second kappa shape index (κ2) is 5.40. The van der Waals surface area contributed by atoms with Gasteiger partial charge in [-0.2, -0.15) is 13.2 Å². The first-order valence-electron chi connectivity index (χ1n) is 4.86. The van der Waals surface area contributed by atoms with Crippen LogP contribution in [0.5, 0.6) is 0 Å². The van der Waals surface area contributed by atoms with Crippen LogP contribution in [0.15, 0.2) is 17.2 Å². The highest BCUT2D eigenvalue weighted by Crippen LogP contribution is 2.27. The summed E-state index contributed by atoms with van der Waals surface area (Å²) in [7, 11) is -3.76. The van der Waals surface area contributed by atoms with Gasteiger partial charge in [-0.15, -0.1) is 21.8 Å². The van der Waals surface area contributed by atoms with Gasteiger partial charge < -0.3 is 0 Å². The molecule has 0 fully saturated rings. The third-order valence-electron chi connectivity index (χ3n) is 2.02. The Kier molecular flexibility index (Phi) is 4.55. The molecular formula is C9H10ClF3N2O2S. The fraction of sp³-hybridized carbons (Fsp3) is 0.556. The van der Waals surface area contributed by atoms with Crippen LogP contribution in [0.25, 0.3) is 0 Å². The molecule has 1 aromatic rings. The van der Waals surface area contributed by atoms with Gasteiger partial charge >= 0.3 is 6.18 Å². The van der Waals surface area contributed by atoms with Crippen LogP contribution in [-0.4, -0.2) is 30.2 Å². The molecule has 0 aliphatic heterocycles. The molecule has 0 aliphatic rings. The van der Waals surface area contributed by atoms with E-state index >= 15 is 0 Å². The molecule has 0 saturated heterocycles. The Bertz CT molecular complexity index is 502. The van der Waals surface area contributed by atoms with Crippen LogP contribution in [0, 0.1) is 5.92 Å². The van der Waals surface area contributed by atoms with Crippen molar-refractivity contribution in [1.29, 1.82) is 0 Å². The van der Waals surface area contributed by atoms with E-state index in [1.54, 1.807) is 6.92 Å². The Morgan fingerprint density at radius 2 is 1.94 bits per heavy atom. The molecule has 102 valence electrons. The zero-order chi connectivity index (χ0) is 14.0. The molecule has 18 heavy (non-hydrogen) atoms. The Morgan fingerprint density at radius 3 is 2.33 bits per heavy atom. The molecular weight excluding hydrogens is 293 g/mol. The van der Waals surface area contributed by atoms with E-state index in [1.807, 2.05) is 0 Å². The van der Waals surface area contributed by atoms with E-state index in [4.69, 9.17) is 11.6 Å². The maximum Gasteiger partial charge on any atom is 0.435 e. The van der Waals surface area contributed by atoms with Crippen LogP contribution in [0.4, 0.5) is 13.2 Å². The van der Waals surface area contributed by atoms with E-state index in [-0.39, 0.29) is 17.6 Å². The van der Waals surface area contributed by atoms with Crippen molar-refractivity contribution >= 4 is 21.4 Å². The van der Waals surface area contributed by atoms with Gasteiger partial charge in [0.05, 0.1) is 5.75 Å². The first kappa shape index (κ1) is 15.2. The first-order valence-corrected chi connectivity index (χ1v) is 7.05. The third kappa shape index (κ3) is 3.81. The van der Waals surface area contributed by atoms with E-state index in [2.05, 4.69) is 10.2 Å². The predicted molar refractivity (Wildman–Crippen MR) is 59.0 cm³/mol. The summed E-state index contributed by atoms with van der Waals surface area (Å²) in [5.74, 6) is -0.468. The minimum absolute atomic E-state index is 0.132. The summed E-state index contributed by atoms with van der Waals surface area (Å²) < 4.78 is 60.1. The summed E-state index contributed by atoms with van der Waals surface area (Å²) in [6.45, 7) is 1.61. The topological polar surface area (TPSA) is 59.9 Å². The van der Waals surface area contributed by atoms with Crippen LogP contribution in [0.3, 0.4) is 0 Å². The minimum atomic E-state index is -4.64. The van der Waals surface area contributed by atoms with Gasteiger partial charge in [0, 0.05) is 5.88 Å². The fourth-order valence-electron chi connectivity index (χ4n) is 1.14. The molecule has 1 heterocycles. The van der Waals surface area contributed by atoms with Crippen molar-refractivity contribution in [3.05, 3.63) is 17.8 Å². The normalized spacial score (nSPS) is 14.5. The van der Waals surface area contributed by atoms with Gasteiger partial charge in [-0.3, -0.25) is 0 Å². The largest absolute Gasteiger partial charge is 0.435 e. The molecule has 0 aliphatic carbocycles. The van der Waals surface area contributed by atoms with Gasteiger partial charge in [0.2, 0.25) is 0 Å². The van der Waals surface area contributed by atoms with E-state index in [9.17, 15) is 21.6 Å². The average Bonchev–Trinajstić information content (AvgIpc) is 2.27. The van der Waals surface area contributed by atoms with Crippen LogP contribution in [-0.2, 0) is 16.0 Å². The van der Waals surface area contributed by atoms with Gasteiger partial charge in [0.25, 0.3) is 0 Å². The minimum Gasteiger partial charge on any atom is -0.222 e. The van der Waals surface area contributed by atoms with Crippen molar-refractivity contribution in [2.75, 3.05) is 11.6 Å². The number of rotatable bonds is 4. The summed E-state index contributed by atoms with van der Waals surface area (Å²) in [6, 6.07) is 1.39. The average molecular weight is 303 g/mol. The summed E-state index contributed by atoms with van der Waals surface area (Å²) in [5.41, 5.74) is -1.23. The van der Waals surface area contributed by atoms with Gasteiger partial charge in [-0.05, 0) is 18.1 Å². The Balaban J connectivity index is 2.98. The number of alkyl halides is 4. The molecule has 1 unspecified atom stereocenters. The maximum atomic E-state index is 12.2. The lowest BCUT2D eigenvalue weighted by molar-refractivity contribution is -0.141. The SMILES string of the molecule is CC(CCl)CS(=O)(=O)c1ccc(C(F)(F)F)nn1. The highest BCUT2D eigenvalue weighted by Gasteiger charge is 2.33. The second-order valence-corrected chi connectivity index (χ2v) is 6.09. The predicted octanol–water partition coefficient (Wildman–Crippen LogP) is 2.14. The van der Waals surface area contributed by atoms with Crippen molar-refractivity contribution in [3.63, 3.8) is 0 Å². The van der Waals surface area contributed by atoms with Crippen molar-refractivity contribution in [2.45, 2.75) is 18.1 Å². The molecule has 1 atom stereocenters. The second-order valence-electron chi connectivity index (χ2n) is 3.80. The van der Waals surface area contributed by atoms with E-state index < -0.39 is 26.7 Å². The molecule has 4 nitrogen and oxygen atoms in total. The van der Waals surface area contributed by atoms with Gasteiger partial charge in [-0.25, -0.2) is 8.42 Å². The molecule has 9 heteroatoms. The van der Waals surface area contributed by atoms with Crippen LogP contribution in [0.2, 0.25) is 0 Å². The highest BCUT2D eigenvalue weighted by molar-refractivity contribution is 7.91. The number of nitrogens with zero attached hydrogens (tertiary/aromatic N) is 2. The fourth-order valence-corrected chi connectivity index (χ4v) is 2.86. The monoisotopic (exact) mass is 302 g/mol. The summed E-state index contributed by atoms with van der Waals surface area (Å²) in [6.07, 6.45) is -4.64. The van der Waals surface area contributed by atoms with E-state index in [1.165, 1.54) is 0 Å². The molecule has 1 aromatic heterocycles. The Labute approximate surface area is 107 Å². The van der Waals surface area contributed by atoms with E-state index in [0.717, 1.165) is 6.07 Å². The number of sulfone groups is 1. The number of aromatic nitrogens is 2. The lowest BCUT2D eigenvalue weighted by Gasteiger charge is -2.08. The molecule has 0 spiro atoms. The quantitative estimate of drug-likeness (QED) is 0.800. The molecule has 0 amide bonds. The molecule has 0 saturated carbocycles. The standard InChI is InChI=1S/C9H10ClF3N2O2S/c1-6(4-10)5-18(16,17)8-3-2-7(14-15-8)9(11,12)13/h2-3,6H,4-5H2,1H3. The molecule has 1 rings (SSSR count). The maximum absolute atomic E-state index is 12.2.